The Kier molecular flexibility index (Phi) is 6.20. The van der Waals surface area contributed by atoms with Crippen molar-refractivity contribution in [3.63, 3.8) is 0 Å². The Hall–Kier alpha value is -2.97. The third kappa shape index (κ3) is 4.70. The summed E-state index contributed by atoms with van der Waals surface area (Å²) in [5.41, 5.74) is 2.51. The number of nitrogens with one attached hydrogen (secondary N) is 1. The van der Waals surface area contributed by atoms with Crippen LogP contribution < -0.4 is 15.0 Å². The molecule has 0 atom stereocenters. The number of anilines is 2. The van der Waals surface area contributed by atoms with Gasteiger partial charge in [0.25, 0.3) is 5.91 Å². The van der Waals surface area contributed by atoms with Crippen LogP contribution in [0.4, 0.5) is 15.8 Å². The van der Waals surface area contributed by atoms with E-state index >= 15 is 0 Å². The molecule has 0 unspecified atom stereocenters. The highest BCUT2D eigenvalue weighted by Crippen LogP contribution is 2.36. The Morgan fingerprint density at radius 3 is 2.94 bits per heavy atom. The van der Waals surface area contributed by atoms with Gasteiger partial charge in [0, 0.05) is 16.6 Å². The zero-order valence-electron chi connectivity index (χ0n) is 16.7. The number of aromatic nitrogens is 1. The van der Waals surface area contributed by atoms with Gasteiger partial charge in [0.2, 0.25) is 5.91 Å². The highest BCUT2D eigenvalue weighted by Gasteiger charge is 2.28. The second kappa shape index (κ2) is 9.03. The smallest absolute Gasteiger partial charge is 0.265 e. The Morgan fingerprint density at radius 1 is 1.32 bits per heavy atom. The van der Waals surface area contributed by atoms with E-state index in [1.165, 1.54) is 23.1 Å². The molecule has 0 radical (unpaired) electrons. The van der Waals surface area contributed by atoms with Crippen LogP contribution in [0.1, 0.15) is 18.4 Å². The number of hydrogen-bond donors (Lipinski definition) is 1. The molecule has 1 aliphatic heterocycles. The zero-order chi connectivity index (χ0) is 22.0. The largest absolute Gasteiger partial charge is 0.482 e. The molecule has 2 amide bonds. The number of carbonyl (C=O) groups is 2. The van der Waals surface area contributed by atoms with Crippen molar-refractivity contribution in [3.8, 4) is 17.0 Å². The Morgan fingerprint density at radius 2 is 2.16 bits per heavy atom. The highest BCUT2D eigenvalue weighted by molar-refractivity contribution is 7.09. The van der Waals surface area contributed by atoms with Gasteiger partial charge in [-0.15, -0.1) is 11.3 Å². The third-order valence-electron chi connectivity index (χ3n) is 4.72. The molecule has 6 nitrogen and oxygen atoms in total. The quantitative estimate of drug-likeness (QED) is 0.568. The van der Waals surface area contributed by atoms with Gasteiger partial charge in [-0.2, -0.15) is 0 Å². The first-order chi connectivity index (χ1) is 14.9. The van der Waals surface area contributed by atoms with E-state index in [-0.39, 0.29) is 24.1 Å². The lowest BCUT2D eigenvalue weighted by Crippen LogP contribution is -2.43. The van der Waals surface area contributed by atoms with Crippen LogP contribution in [-0.2, 0) is 16.0 Å². The van der Waals surface area contributed by atoms with Gasteiger partial charge < -0.3 is 10.1 Å². The molecule has 31 heavy (non-hydrogen) atoms. The first-order valence-corrected chi connectivity index (χ1v) is 11.0. The molecule has 2 heterocycles. The molecule has 3 aromatic rings. The minimum absolute atomic E-state index is 0.0964. The summed E-state index contributed by atoms with van der Waals surface area (Å²) in [6.45, 7) is 1.73. The molecule has 0 bridgehead atoms. The SMILES string of the molecule is CCCc1nc(-c2ccc3c(c2)N(CC(=O)Nc2ccc(F)c(Cl)c2)C(=O)CO3)cs1. The summed E-state index contributed by atoms with van der Waals surface area (Å²) in [6.07, 6.45) is 1.93. The second-order valence-corrected chi connectivity index (χ2v) is 8.35. The van der Waals surface area contributed by atoms with E-state index in [9.17, 15) is 14.0 Å². The standard InChI is InChI=1S/C22H19ClFN3O3S/c1-2-3-21-26-17(12-31-21)13-4-7-19-18(8-13)27(22(29)11-30-19)10-20(28)25-14-5-6-16(24)15(23)9-14/h4-9,12H,2-3,10-11H2,1H3,(H,25,28). The van der Waals surface area contributed by atoms with Crippen LogP contribution in [0.15, 0.2) is 41.8 Å². The number of nitrogens with zero attached hydrogens (tertiary/aromatic N) is 2. The van der Waals surface area contributed by atoms with Gasteiger partial charge in [-0.1, -0.05) is 18.5 Å². The third-order valence-corrected chi connectivity index (χ3v) is 5.92. The summed E-state index contributed by atoms with van der Waals surface area (Å²) in [7, 11) is 0. The number of amides is 2. The molecule has 0 fully saturated rings. The molecule has 0 spiro atoms. The topological polar surface area (TPSA) is 71.5 Å². The molecule has 0 saturated carbocycles. The number of benzene rings is 2. The summed E-state index contributed by atoms with van der Waals surface area (Å²) in [5, 5.41) is 5.57. The summed E-state index contributed by atoms with van der Waals surface area (Å²) in [4.78, 5) is 31.1. The number of fused-ring (bicyclic) bond motifs is 1. The van der Waals surface area contributed by atoms with Gasteiger partial charge in [0.05, 0.1) is 21.4 Å². The van der Waals surface area contributed by atoms with E-state index < -0.39 is 11.7 Å². The number of carbonyl (C=O) groups excluding carboxylic acids is 2. The highest BCUT2D eigenvalue weighted by atomic mass is 35.5. The fourth-order valence-corrected chi connectivity index (χ4v) is 4.31. The zero-order valence-corrected chi connectivity index (χ0v) is 18.2. The molecular weight excluding hydrogens is 441 g/mol. The maximum absolute atomic E-state index is 13.3. The van der Waals surface area contributed by atoms with Crippen LogP contribution in [0, 0.1) is 5.82 Å². The number of thiazole rings is 1. The van der Waals surface area contributed by atoms with E-state index in [0.29, 0.717) is 17.1 Å². The number of hydrogen-bond acceptors (Lipinski definition) is 5. The lowest BCUT2D eigenvalue weighted by Gasteiger charge is -2.29. The molecule has 0 aliphatic carbocycles. The minimum atomic E-state index is -0.575. The van der Waals surface area contributed by atoms with Crippen molar-refractivity contribution < 1.29 is 18.7 Å². The average molecular weight is 460 g/mol. The van der Waals surface area contributed by atoms with Crippen molar-refractivity contribution >= 4 is 46.1 Å². The molecule has 160 valence electrons. The van der Waals surface area contributed by atoms with Gasteiger partial charge >= 0.3 is 0 Å². The normalized spacial score (nSPS) is 13.0. The summed E-state index contributed by atoms with van der Waals surface area (Å²) in [5.74, 6) is -0.825. The molecule has 1 N–H and O–H groups in total. The van der Waals surface area contributed by atoms with E-state index in [1.807, 2.05) is 11.4 Å². The summed E-state index contributed by atoms with van der Waals surface area (Å²) < 4.78 is 18.9. The van der Waals surface area contributed by atoms with Gasteiger partial charge in [0.1, 0.15) is 18.1 Å². The van der Waals surface area contributed by atoms with Crippen molar-refractivity contribution in [1.82, 2.24) is 4.98 Å². The van der Waals surface area contributed by atoms with Gasteiger partial charge in [-0.25, -0.2) is 9.37 Å². The van der Waals surface area contributed by atoms with E-state index in [4.69, 9.17) is 16.3 Å². The van der Waals surface area contributed by atoms with Crippen molar-refractivity contribution in [2.45, 2.75) is 19.8 Å². The van der Waals surface area contributed by atoms with Crippen LogP contribution in [0.2, 0.25) is 5.02 Å². The van der Waals surface area contributed by atoms with E-state index in [1.54, 1.807) is 23.5 Å². The number of ether oxygens (including phenoxy) is 1. The van der Waals surface area contributed by atoms with Crippen molar-refractivity contribution in [2.75, 3.05) is 23.4 Å². The van der Waals surface area contributed by atoms with Crippen LogP contribution in [-0.4, -0.2) is 29.9 Å². The van der Waals surface area contributed by atoms with Crippen molar-refractivity contribution in [3.05, 3.63) is 57.6 Å². The number of aryl methyl sites for hydroxylation is 1. The Balaban J connectivity index is 1.56. The minimum Gasteiger partial charge on any atom is -0.482 e. The lowest BCUT2D eigenvalue weighted by atomic mass is 10.1. The monoisotopic (exact) mass is 459 g/mol. The Labute approximate surface area is 187 Å². The summed E-state index contributed by atoms with van der Waals surface area (Å²) >= 11 is 7.36. The second-order valence-electron chi connectivity index (χ2n) is 7.00. The number of rotatable bonds is 6. The molecule has 0 saturated heterocycles. The molecule has 9 heteroatoms. The maximum Gasteiger partial charge on any atom is 0.265 e. The van der Waals surface area contributed by atoms with Crippen LogP contribution in [0.25, 0.3) is 11.3 Å². The van der Waals surface area contributed by atoms with E-state index in [0.717, 1.165) is 29.1 Å². The van der Waals surface area contributed by atoms with Crippen LogP contribution >= 0.6 is 22.9 Å². The molecule has 1 aliphatic rings. The van der Waals surface area contributed by atoms with Crippen LogP contribution in [0.5, 0.6) is 5.75 Å². The molecule has 1 aromatic heterocycles. The lowest BCUT2D eigenvalue weighted by molar-refractivity contribution is -0.123. The van der Waals surface area contributed by atoms with E-state index in [2.05, 4.69) is 17.2 Å². The number of halogens is 2. The van der Waals surface area contributed by atoms with Crippen molar-refractivity contribution in [1.29, 1.82) is 0 Å². The average Bonchev–Trinajstić information content (AvgIpc) is 3.21. The molecular formula is C22H19ClFN3O3S. The van der Waals surface area contributed by atoms with Gasteiger partial charge in [0.15, 0.2) is 6.61 Å². The molecule has 2 aromatic carbocycles. The Bertz CT molecular complexity index is 1150. The first kappa shape index (κ1) is 21.3. The van der Waals surface area contributed by atoms with Crippen molar-refractivity contribution in [2.24, 2.45) is 0 Å². The van der Waals surface area contributed by atoms with Gasteiger partial charge in [-0.05, 0) is 49.2 Å². The summed E-state index contributed by atoms with van der Waals surface area (Å²) in [6, 6.07) is 9.36. The fourth-order valence-electron chi connectivity index (χ4n) is 3.22. The maximum atomic E-state index is 13.3. The van der Waals surface area contributed by atoms with Crippen LogP contribution in [0.3, 0.4) is 0 Å². The van der Waals surface area contributed by atoms with Gasteiger partial charge in [-0.3, -0.25) is 14.5 Å². The first-order valence-electron chi connectivity index (χ1n) is 9.71. The predicted molar refractivity (Wildman–Crippen MR) is 119 cm³/mol. The predicted octanol–water partition coefficient (Wildman–Crippen LogP) is 4.92. The fraction of sp³-hybridized carbons (Fsp3) is 0.227. The molecule has 4 rings (SSSR count).